The molecule has 2 aliphatic rings. The number of carbonyl (C=O) groups is 3. The Morgan fingerprint density at radius 1 is 0.932 bits per heavy atom. The summed E-state index contributed by atoms with van der Waals surface area (Å²) in [6.45, 7) is 3.45. The number of urea groups is 1. The normalized spacial score (nSPS) is 20.4. The number of Topliss-reactive ketones (excluding diaryl/α,β-unsaturated/α-hetero) is 1. The fraction of sp³-hybridized carbons (Fsp3) is 0.242. The van der Waals surface area contributed by atoms with Crippen LogP contribution in [0.15, 0.2) is 77.2 Å². The third kappa shape index (κ3) is 5.10. The number of hydrogen-bond donors (Lipinski definition) is 2. The van der Waals surface area contributed by atoms with Crippen molar-refractivity contribution in [3.05, 3.63) is 107 Å². The van der Waals surface area contributed by atoms with Crippen LogP contribution in [0.3, 0.4) is 0 Å². The zero-order valence-corrected chi connectivity index (χ0v) is 24.2. The second-order valence-corrected chi connectivity index (χ2v) is 10.8. The van der Waals surface area contributed by atoms with Gasteiger partial charge < -0.3 is 34.6 Å². The van der Waals surface area contributed by atoms with Gasteiger partial charge in [0.25, 0.3) is 0 Å². The number of likely N-dealkylation sites (tertiary alicyclic amines) is 1. The van der Waals surface area contributed by atoms with Gasteiger partial charge in [-0.2, -0.15) is 0 Å². The van der Waals surface area contributed by atoms with Crippen LogP contribution < -0.4 is 25.3 Å². The number of hydrogen-bond acceptors (Lipinski definition) is 7. The van der Waals surface area contributed by atoms with E-state index in [9.17, 15) is 18.8 Å². The lowest BCUT2D eigenvalue weighted by Crippen LogP contribution is -2.48. The molecule has 1 aromatic heterocycles. The molecular formula is C33H30FN3O7. The molecule has 0 radical (unpaired) electrons. The van der Waals surface area contributed by atoms with Crippen molar-refractivity contribution in [1.82, 2.24) is 4.90 Å². The molecule has 4 atom stereocenters. The number of nitrogens with two attached hydrogens (primary N) is 1. The number of rotatable bonds is 7. The Morgan fingerprint density at radius 2 is 1.61 bits per heavy atom. The number of ketones is 1. The van der Waals surface area contributed by atoms with E-state index in [0.29, 0.717) is 51.1 Å². The van der Waals surface area contributed by atoms with Gasteiger partial charge in [0.1, 0.15) is 29.1 Å². The van der Waals surface area contributed by atoms with Gasteiger partial charge in [0.15, 0.2) is 17.3 Å². The molecule has 3 aromatic carbocycles. The molecule has 6 rings (SSSR count). The standard InChI is InChI=1S/C33H30FN3O7/c1-17-14-24(18(2)44-17)31(38)28-27(19-4-11-23(41-3)12-5-19)30(32(35)39)37(33(40)36-22-9-7-21(34)8-10-22)29(28)20-6-13-25-26(15-20)43-16-42-25/h4-15,27-30H,16H2,1-3H3,(H2,35,39)(H,36,40). The van der Waals surface area contributed by atoms with E-state index in [0.717, 1.165) is 0 Å². The summed E-state index contributed by atoms with van der Waals surface area (Å²) in [6.07, 6.45) is 0. The van der Waals surface area contributed by atoms with Gasteiger partial charge >= 0.3 is 6.03 Å². The van der Waals surface area contributed by atoms with Gasteiger partial charge in [-0.05, 0) is 79.6 Å². The minimum atomic E-state index is -1.26. The highest BCUT2D eigenvalue weighted by Gasteiger charge is 2.57. The number of carbonyl (C=O) groups excluding carboxylic acids is 3. The molecule has 1 saturated heterocycles. The number of nitrogens with one attached hydrogen (secondary N) is 1. The van der Waals surface area contributed by atoms with Crippen LogP contribution in [-0.2, 0) is 4.79 Å². The first-order valence-corrected chi connectivity index (χ1v) is 13.9. The fourth-order valence-electron chi connectivity index (χ4n) is 6.24. The molecule has 2 aliphatic heterocycles. The number of furan rings is 1. The maximum absolute atomic E-state index is 14.6. The molecule has 0 spiro atoms. The maximum Gasteiger partial charge on any atom is 0.323 e. The number of nitrogens with zero attached hydrogens (tertiary/aromatic N) is 1. The molecule has 0 aliphatic carbocycles. The highest BCUT2D eigenvalue weighted by molar-refractivity contribution is 6.03. The molecule has 1 fully saturated rings. The van der Waals surface area contributed by atoms with Crippen molar-refractivity contribution in [3.8, 4) is 17.2 Å². The predicted molar refractivity (Wildman–Crippen MR) is 157 cm³/mol. The van der Waals surface area contributed by atoms with Crippen LogP contribution in [-0.4, -0.2) is 42.6 Å². The quantitative estimate of drug-likeness (QED) is 0.268. The van der Waals surface area contributed by atoms with Gasteiger partial charge in [-0.3, -0.25) is 9.59 Å². The third-order valence-corrected chi connectivity index (χ3v) is 8.14. The minimum Gasteiger partial charge on any atom is -0.497 e. The number of ether oxygens (including phenoxy) is 3. The van der Waals surface area contributed by atoms with Crippen LogP contribution in [0.25, 0.3) is 0 Å². The molecule has 3 heterocycles. The summed E-state index contributed by atoms with van der Waals surface area (Å²) >= 11 is 0. The molecule has 3 amide bonds. The van der Waals surface area contributed by atoms with Crippen LogP contribution in [0.5, 0.6) is 17.2 Å². The zero-order valence-electron chi connectivity index (χ0n) is 24.2. The zero-order chi connectivity index (χ0) is 31.1. The SMILES string of the molecule is COc1ccc(C2C(C(=O)c3cc(C)oc3C)C(c3ccc4c(c3)OCO4)N(C(=O)Nc3ccc(F)cc3)C2C(N)=O)cc1. The van der Waals surface area contributed by atoms with Crippen molar-refractivity contribution >= 4 is 23.4 Å². The summed E-state index contributed by atoms with van der Waals surface area (Å²) < 4.78 is 35.8. The lowest BCUT2D eigenvalue weighted by atomic mass is 9.76. The maximum atomic E-state index is 14.6. The van der Waals surface area contributed by atoms with E-state index in [1.165, 1.54) is 36.3 Å². The Hall–Kier alpha value is -5.32. The molecule has 4 aromatic rings. The number of halogens is 1. The first-order chi connectivity index (χ1) is 21.2. The van der Waals surface area contributed by atoms with Gasteiger partial charge in [0, 0.05) is 11.6 Å². The lowest BCUT2D eigenvalue weighted by Gasteiger charge is -2.31. The van der Waals surface area contributed by atoms with E-state index in [2.05, 4.69) is 5.32 Å². The summed E-state index contributed by atoms with van der Waals surface area (Å²) in [4.78, 5) is 43.6. The van der Waals surface area contributed by atoms with Gasteiger partial charge in [-0.15, -0.1) is 0 Å². The second kappa shape index (κ2) is 11.4. The number of fused-ring (bicyclic) bond motifs is 1. The Kier molecular flexibility index (Phi) is 7.46. The third-order valence-electron chi connectivity index (χ3n) is 8.14. The van der Waals surface area contributed by atoms with Gasteiger partial charge in [0.05, 0.1) is 24.6 Å². The van der Waals surface area contributed by atoms with E-state index in [4.69, 9.17) is 24.4 Å². The minimum absolute atomic E-state index is 0.0203. The highest BCUT2D eigenvalue weighted by atomic mass is 19.1. The van der Waals surface area contributed by atoms with Gasteiger partial charge in [0.2, 0.25) is 12.7 Å². The molecule has 4 unspecified atom stereocenters. The molecule has 0 bridgehead atoms. The molecule has 0 saturated carbocycles. The molecule has 44 heavy (non-hydrogen) atoms. The Bertz CT molecular complexity index is 1740. The second-order valence-electron chi connectivity index (χ2n) is 10.8. The average Bonchev–Trinajstić information content (AvgIpc) is 3.72. The van der Waals surface area contributed by atoms with Gasteiger partial charge in [-0.25, -0.2) is 9.18 Å². The average molecular weight is 600 g/mol. The summed E-state index contributed by atoms with van der Waals surface area (Å²) in [5.41, 5.74) is 7.84. The Morgan fingerprint density at radius 3 is 2.25 bits per heavy atom. The van der Waals surface area contributed by atoms with E-state index in [1.54, 1.807) is 62.4 Å². The topological polar surface area (TPSA) is 133 Å². The number of primary amides is 1. The van der Waals surface area contributed by atoms with E-state index >= 15 is 0 Å². The Labute approximate surface area is 252 Å². The predicted octanol–water partition coefficient (Wildman–Crippen LogP) is 5.50. The smallest absolute Gasteiger partial charge is 0.323 e. The Balaban J connectivity index is 1.56. The lowest BCUT2D eigenvalue weighted by molar-refractivity contribution is -0.122. The first kappa shape index (κ1) is 28.8. The molecule has 10 nitrogen and oxygen atoms in total. The van der Waals surface area contributed by atoms with E-state index < -0.39 is 41.7 Å². The van der Waals surface area contributed by atoms with Crippen molar-refractivity contribution in [3.63, 3.8) is 0 Å². The van der Waals surface area contributed by atoms with Crippen LogP contribution >= 0.6 is 0 Å². The number of benzene rings is 3. The van der Waals surface area contributed by atoms with Crippen LogP contribution in [0.2, 0.25) is 0 Å². The van der Waals surface area contributed by atoms with E-state index in [1.807, 2.05) is 0 Å². The number of anilines is 1. The molecular weight excluding hydrogens is 569 g/mol. The first-order valence-electron chi connectivity index (χ1n) is 13.9. The number of amides is 3. The van der Waals surface area contributed by atoms with E-state index in [-0.39, 0.29) is 12.6 Å². The summed E-state index contributed by atoms with van der Waals surface area (Å²) in [6, 6.07) is 16.0. The van der Waals surface area contributed by atoms with Crippen molar-refractivity contribution < 1.29 is 37.4 Å². The van der Waals surface area contributed by atoms with Crippen LogP contribution in [0, 0.1) is 25.6 Å². The summed E-state index contributed by atoms with van der Waals surface area (Å²) in [5.74, 6) is -0.989. The van der Waals surface area contributed by atoms with Crippen LogP contribution in [0.1, 0.15) is 45.0 Å². The van der Waals surface area contributed by atoms with Crippen molar-refractivity contribution in [1.29, 1.82) is 0 Å². The number of methoxy groups -OCH3 is 1. The van der Waals surface area contributed by atoms with Crippen molar-refractivity contribution in [2.75, 3.05) is 19.2 Å². The molecule has 11 heteroatoms. The highest BCUT2D eigenvalue weighted by Crippen LogP contribution is 2.53. The molecule has 226 valence electrons. The fourth-order valence-corrected chi connectivity index (χ4v) is 6.24. The van der Waals surface area contributed by atoms with Crippen molar-refractivity contribution in [2.45, 2.75) is 31.8 Å². The molecule has 3 N–H and O–H groups in total. The largest absolute Gasteiger partial charge is 0.497 e. The summed E-state index contributed by atoms with van der Waals surface area (Å²) in [7, 11) is 1.53. The monoisotopic (exact) mass is 599 g/mol. The van der Waals surface area contributed by atoms with Gasteiger partial charge in [-0.1, -0.05) is 18.2 Å². The number of aryl methyl sites for hydroxylation is 2. The van der Waals surface area contributed by atoms with Crippen LogP contribution in [0.4, 0.5) is 14.9 Å². The summed E-state index contributed by atoms with van der Waals surface area (Å²) in [5, 5.41) is 2.76. The van der Waals surface area contributed by atoms with Crippen molar-refractivity contribution in [2.24, 2.45) is 11.7 Å².